The molecule has 0 spiro atoms. The van der Waals surface area contributed by atoms with Crippen molar-refractivity contribution in [2.75, 3.05) is 17.3 Å². The van der Waals surface area contributed by atoms with E-state index >= 15 is 0 Å². The minimum atomic E-state index is -0.00949. The van der Waals surface area contributed by atoms with Crippen molar-refractivity contribution in [3.8, 4) is 0 Å². The molecule has 1 rings (SSSR count). The van der Waals surface area contributed by atoms with Crippen molar-refractivity contribution in [3.05, 3.63) is 35.9 Å². The zero-order valence-corrected chi connectivity index (χ0v) is 9.96. The molecule has 0 heterocycles. The fourth-order valence-electron chi connectivity index (χ4n) is 1.16. The summed E-state index contributed by atoms with van der Waals surface area (Å²) >= 11 is 13.1. The quantitative estimate of drug-likeness (QED) is 0.649. The molecule has 0 N–H and O–H groups in total. The molecule has 13 heavy (non-hydrogen) atoms. The molecule has 71 valence electrons. The van der Waals surface area contributed by atoms with Crippen molar-refractivity contribution >= 4 is 37.9 Å². The monoisotopic (exact) mass is 229 g/mol. The first-order valence-electron chi connectivity index (χ1n) is 4.08. The molecule has 0 saturated heterocycles. The van der Waals surface area contributed by atoms with Crippen LogP contribution in [0.4, 0.5) is 0 Å². The standard InChI is InChI=1S/C10H13S3/c11-6-10(7-12,8-13)9-4-2-1-3-5-9/h2-5,11-13H,6-8H2. The molecule has 0 aromatic heterocycles. The van der Waals surface area contributed by atoms with Crippen LogP contribution in [0.2, 0.25) is 0 Å². The van der Waals surface area contributed by atoms with Gasteiger partial charge in [0.05, 0.1) is 0 Å². The van der Waals surface area contributed by atoms with Gasteiger partial charge in [-0.15, -0.1) is 0 Å². The summed E-state index contributed by atoms with van der Waals surface area (Å²) in [5.74, 6) is 2.30. The average Bonchev–Trinajstić information content (AvgIpc) is 2.23. The van der Waals surface area contributed by atoms with E-state index in [4.69, 9.17) is 0 Å². The Labute approximate surface area is 96.4 Å². The minimum absolute atomic E-state index is 0.00949. The average molecular weight is 229 g/mol. The van der Waals surface area contributed by atoms with E-state index in [1.807, 2.05) is 12.1 Å². The van der Waals surface area contributed by atoms with Gasteiger partial charge in [0.25, 0.3) is 0 Å². The van der Waals surface area contributed by atoms with Crippen molar-refractivity contribution in [3.63, 3.8) is 0 Å². The fourth-order valence-corrected chi connectivity index (χ4v) is 2.91. The summed E-state index contributed by atoms with van der Waals surface area (Å²) < 4.78 is 0. The van der Waals surface area contributed by atoms with Gasteiger partial charge in [-0.1, -0.05) is 24.3 Å². The van der Waals surface area contributed by atoms with Crippen molar-refractivity contribution in [2.24, 2.45) is 0 Å². The van der Waals surface area contributed by atoms with Gasteiger partial charge in [-0.3, -0.25) is 0 Å². The summed E-state index contributed by atoms with van der Waals surface area (Å²) in [5.41, 5.74) is 1.23. The van der Waals surface area contributed by atoms with Gasteiger partial charge in [-0.25, -0.2) is 0 Å². The maximum Gasteiger partial charge on any atom is 0.0217 e. The second-order valence-electron chi connectivity index (χ2n) is 3.04. The van der Waals surface area contributed by atoms with Gasteiger partial charge < -0.3 is 0 Å². The fraction of sp³-hybridized carbons (Fsp3) is 0.400. The predicted molar refractivity (Wildman–Crippen MR) is 68.5 cm³/mol. The van der Waals surface area contributed by atoms with Crippen LogP contribution in [-0.4, -0.2) is 17.3 Å². The second kappa shape index (κ2) is 5.23. The Morgan fingerprint density at radius 2 is 1.46 bits per heavy atom. The number of benzene rings is 1. The maximum absolute atomic E-state index is 4.36. The van der Waals surface area contributed by atoms with E-state index in [9.17, 15) is 0 Å². The molecule has 1 radical (unpaired) electrons. The maximum atomic E-state index is 4.36. The van der Waals surface area contributed by atoms with Crippen LogP contribution in [0.5, 0.6) is 0 Å². The van der Waals surface area contributed by atoms with E-state index < -0.39 is 0 Å². The smallest absolute Gasteiger partial charge is 0.0217 e. The summed E-state index contributed by atoms with van der Waals surface area (Å²) in [4.78, 5) is 0. The molecule has 0 nitrogen and oxygen atoms in total. The number of hydrogen-bond acceptors (Lipinski definition) is 3. The molecule has 0 unspecified atom stereocenters. The normalized spacial score (nSPS) is 11.6. The molecule has 0 bridgehead atoms. The van der Waals surface area contributed by atoms with Crippen molar-refractivity contribution in [1.29, 1.82) is 0 Å². The van der Waals surface area contributed by atoms with Gasteiger partial charge in [0.1, 0.15) is 0 Å². The van der Waals surface area contributed by atoms with Gasteiger partial charge in [0, 0.05) is 22.7 Å². The molecule has 1 aromatic rings. The molecule has 0 atom stereocenters. The van der Waals surface area contributed by atoms with Gasteiger partial charge in [0.2, 0.25) is 0 Å². The highest BCUT2D eigenvalue weighted by Gasteiger charge is 2.27. The lowest BCUT2D eigenvalue weighted by atomic mass is 9.86. The van der Waals surface area contributed by atoms with E-state index in [-0.39, 0.29) is 5.41 Å². The highest BCUT2D eigenvalue weighted by Crippen LogP contribution is 2.28. The Morgan fingerprint density at radius 1 is 1.00 bits per heavy atom. The molecular formula is C10H13S3. The highest BCUT2D eigenvalue weighted by molar-refractivity contribution is 7.82. The Balaban J connectivity index is 3.01. The number of thiol groups is 3. The zero-order valence-electron chi connectivity index (χ0n) is 7.27. The van der Waals surface area contributed by atoms with E-state index in [1.54, 1.807) is 0 Å². The number of hydrogen-bond donors (Lipinski definition) is 3. The van der Waals surface area contributed by atoms with Crippen LogP contribution in [0, 0.1) is 6.07 Å². The van der Waals surface area contributed by atoms with E-state index in [1.165, 1.54) is 5.56 Å². The third-order valence-corrected chi connectivity index (χ3v) is 4.05. The lowest BCUT2D eigenvalue weighted by Crippen LogP contribution is -2.32. The molecule has 0 fully saturated rings. The van der Waals surface area contributed by atoms with Crippen molar-refractivity contribution in [1.82, 2.24) is 0 Å². The first-order chi connectivity index (χ1) is 6.29. The Bertz CT molecular complexity index is 233. The van der Waals surface area contributed by atoms with Crippen LogP contribution in [0.3, 0.4) is 0 Å². The van der Waals surface area contributed by atoms with Crippen LogP contribution in [0.15, 0.2) is 24.3 Å². The molecule has 0 amide bonds. The van der Waals surface area contributed by atoms with Gasteiger partial charge in [0.15, 0.2) is 0 Å². The molecule has 0 aliphatic rings. The largest absolute Gasteiger partial charge is 0.178 e. The van der Waals surface area contributed by atoms with Crippen LogP contribution in [-0.2, 0) is 5.41 Å². The van der Waals surface area contributed by atoms with Gasteiger partial charge in [-0.2, -0.15) is 37.9 Å². The van der Waals surface area contributed by atoms with E-state index in [0.29, 0.717) is 0 Å². The summed E-state index contributed by atoms with van der Waals surface area (Å²) in [5, 5.41) is 0. The molecule has 0 aliphatic heterocycles. The summed E-state index contributed by atoms with van der Waals surface area (Å²) in [7, 11) is 0. The van der Waals surface area contributed by atoms with E-state index in [0.717, 1.165) is 17.3 Å². The summed E-state index contributed by atoms with van der Waals surface area (Å²) in [6.07, 6.45) is 0. The van der Waals surface area contributed by atoms with Crippen LogP contribution < -0.4 is 0 Å². The Morgan fingerprint density at radius 3 is 1.85 bits per heavy atom. The first kappa shape index (κ1) is 11.3. The van der Waals surface area contributed by atoms with Gasteiger partial charge >= 0.3 is 0 Å². The highest BCUT2D eigenvalue weighted by atomic mass is 32.1. The van der Waals surface area contributed by atoms with Crippen molar-refractivity contribution in [2.45, 2.75) is 5.41 Å². The van der Waals surface area contributed by atoms with Gasteiger partial charge in [-0.05, 0) is 11.6 Å². The third-order valence-electron chi connectivity index (χ3n) is 2.24. The van der Waals surface area contributed by atoms with Crippen LogP contribution >= 0.6 is 37.9 Å². The SMILES string of the molecule is SCC(CS)(CS)c1cc[c]cc1. The number of rotatable bonds is 4. The molecule has 3 heteroatoms. The Kier molecular flexibility index (Phi) is 4.56. The third kappa shape index (κ3) is 2.39. The minimum Gasteiger partial charge on any atom is -0.178 e. The molecular weight excluding hydrogens is 216 g/mol. The lowest BCUT2D eigenvalue weighted by Gasteiger charge is -2.29. The van der Waals surface area contributed by atoms with E-state index in [2.05, 4.69) is 56.1 Å². The molecule has 0 aliphatic carbocycles. The first-order valence-corrected chi connectivity index (χ1v) is 5.98. The second-order valence-corrected chi connectivity index (χ2v) is 3.99. The van der Waals surface area contributed by atoms with Crippen molar-refractivity contribution < 1.29 is 0 Å². The van der Waals surface area contributed by atoms with Crippen LogP contribution in [0.25, 0.3) is 0 Å². The summed E-state index contributed by atoms with van der Waals surface area (Å²) in [6.45, 7) is 0. The lowest BCUT2D eigenvalue weighted by molar-refractivity contribution is 0.632. The molecule has 1 aromatic carbocycles. The molecule has 0 saturated carbocycles. The zero-order chi connectivity index (χ0) is 9.73. The predicted octanol–water partition coefficient (Wildman–Crippen LogP) is 2.51. The summed E-state index contributed by atoms with van der Waals surface area (Å²) in [6, 6.07) is 11.0. The topological polar surface area (TPSA) is 0 Å². The Hall–Kier alpha value is 0.270. The van der Waals surface area contributed by atoms with Crippen LogP contribution in [0.1, 0.15) is 5.56 Å².